The molecule has 4 rings (SSSR count). The zero-order valence-electron chi connectivity index (χ0n) is 18.2. The number of amides is 1. The van der Waals surface area contributed by atoms with Gasteiger partial charge in [0.15, 0.2) is 5.13 Å². The van der Waals surface area contributed by atoms with Crippen LogP contribution in [0.25, 0.3) is 10.2 Å². The minimum Gasteiger partial charge on any atom is -0.457 e. The monoisotopic (exact) mass is 439 g/mol. The molecule has 0 aliphatic heterocycles. The van der Waals surface area contributed by atoms with Crippen LogP contribution in [0.5, 0.6) is 11.5 Å². The van der Waals surface area contributed by atoms with Crippen LogP contribution >= 0.6 is 11.3 Å². The lowest BCUT2D eigenvalue weighted by molar-refractivity contribution is 0.0851. The number of rotatable bonds is 7. The molecule has 164 valence electrons. The SMILES string of the molecule is C[C@H](Nc1nc2ccc(Oc3ccnc(C(=O)NN(C)C)c3)cc2s1)C1CCCCC1. The molecule has 0 unspecified atom stereocenters. The fourth-order valence-electron chi connectivity index (χ4n) is 3.97. The summed E-state index contributed by atoms with van der Waals surface area (Å²) in [5, 5.41) is 6.15. The maximum absolute atomic E-state index is 12.2. The van der Waals surface area contributed by atoms with Gasteiger partial charge in [0.2, 0.25) is 0 Å². The highest BCUT2D eigenvalue weighted by Crippen LogP contribution is 2.33. The van der Waals surface area contributed by atoms with Crippen molar-refractivity contribution < 1.29 is 9.53 Å². The van der Waals surface area contributed by atoms with Gasteiger partial charge >= 0.3 is 0 Å². The molecule has 0 saturated heterocycles. The van der Waals surface area contributed by atoms with E-state index in [0.717, 1.165) is 21.3 Å². The maximum Gasteiger partial charge on any atom is 0.284 e. The molecule has 1 saturated carbocycles. The summed E-state index contributed by atoms with van der Waals surface area (Å²) >= 11 is 1.65. The Morgan fingerprint density at radius 3 is 2.71 bits per heavy atom. The van der Waals surface area contributed by atoms with Crippen LogP contribution in [0.3, 0.4) is 0 Å². The standard InChI is InChI=1S/C23H29N5O2S/c1-15(16-7-5-4-6-8-16)25-23-26-19-10-9-17(14-21(19)31-23)30-18-11-12-24-20(13-18)22(29)27-28(2)3/h9-16H,4-8H2,1-3H3,(H,25,26)(H,27,29)/t15-/m0/s1. The average Bonchev–Trinajstić information content (AvgIpc) is 3.15. The molecule has 1 fully saturated rings. The highest BCUT2D eigenvalue weighted by molar-refractivity contribution is 7.22. The summed E-state index contributed by atoms with van der Waals surface area (Å²) in [4.78, 5) is 21.0. The van der Waals surface area contributed by atoms with Crippen molar-refractivity contribution in [2.45, 2.75) is 45.1 Å². The minimum atomic E-state index is -0.281. The second-order valence-electron chi connectivity index (χ2n) is 8.29. The number of hydrazine groups is 1. The molecular formula is C23H29N5O2S. The van der Waals surface area contributed by atoms with E-state index in [2.05, 4.69) is 22.7 Å². The van der Waals surface area contributed by atoms with E-state index in [1.165, 1.54) is 32.1 Å². The third-order valence-corrected chi connectivity index (χ3v) is 6.54. The summed E-state index contributed by atoms with van der Waals surface area (Å²) < 4.78 is 7.06. The number of aromatic nitrogens is 2. The first kappa shape index (κ1) is 21.5. The number of hydrogen-bond acceptors (Lipinski definition) is 7. The van der Waals surface area contributed by atoms with Crippen LogP contribution in [0.15, 0.2) is 36.5 Å². The van der Waals surface area contributed by atoms with Crippen LogP contribution in [-0.4, -0.2) is 41.0 Å². The molecule has 0 radical (unpaired) electrons. The fourth-order valence-corrected chi connectivity index (χ4v) is 4.96. The van der Waals surface area contributed by atoms with Gasteiger partial charge in [0.1, 0.15) is 17.2 Å². The summed E-state index contributed by atoms with van der Waals surface area (Å²) in [5.74, 6) is 1.71. The zero-order valence-corrected chi connectivity index (χ0v) is 19.0. The number of benzene rings is 1. The molecule has 0 spiro atoms. The molecule has 8 heteroatoms. The maximum atomic E-state index is 12.2. The lowest BCUT2D eigenvalue weighted by Gasteiger charge is -2.28. The van der Waals surface area contributed by atoms with Crippen molar-refractivity contribution in [1.29, 1.82) is 0 Å². The predicted molar refractivity (Wildman–Crippen MR) is 125 cm³/mol. The molecule has 7 nitrogen and oxygen atoms in total. The third kappa shape index (κ3) is 5.51. The number of ether oxygens (including phenoxy) is 1. The number of carbonyl (C=O) groups excluding carboxylic acids is 1. The van der Waals surface area contributed by atoms with E-state index in [4.69, 9.17) is 9.72 Å². The van der Waals surface area contributed by atoms with E-state index in [9.17, 15) is 4.79 Å². The van der Waals surface area contributed by atoms with Crippen LogP contribution in [0.1, 0.15) is 49.5 Å². The highest BCUT2D eigenvalue weighted by atomic mass is 32.1. The van der Waals surface area contributed by atoms with Gasteiger partial charge in [0, 0.05) is 38.5 Å². The van der Waals surface area contributed by atoms with E-state index in [1.807, 2.05) is 18.2 Å². The van der Waals surface area contributed by atoms with Gasteiger partial charge in [-0.15, -0.1) is 0 Å². The zero-order chi connectivity index (χ0) is 21.8. The second kappa shape index (κ2) is 9.62. The summed E-state index contributed by atoms with van der Waals surface area (Å²) in [6.07, 6.45) is 8.22. The smallest absolute Gasteiger partial charge is 0.284 e. The van der Waals surface area contributed by atoms with Crippen molar-refractivity contribution in [2.24, 2.45) is 5.92 Å². The Kier molecular flexibility index (Phi) is 6.67. The summed E-state index contributed by atoms with van der Waals surface area (Å²) in [7, 11) is 3.50. The summed E-state index contributed by atoms with van der Waals surface area (Å²) in [5.41, 5.74) is 3.93. The molecule has 1 amide bonds. The molecule has 1 aliphatic rings. The van der Waals surface area contributed by atoms with Crippen molar-refractivity contribution >= 4 is 32.6 Å². The Morgan fingerprint density at radius 2 is 1.94 bits per heavy atom. The Balaban J connectivity index is 1.45. The van der Waals surface area contributed by atoms with Gasteiger partial charge in [-0.2, -0.15) is 0 Å². The Morgan fingerprint density at radius 1 is 1.16 bits per heavy atom. The molecule has 2 aromatic heterocycles. The van der Waals surface area contributed by atoms with Crippen molar-refractivity contribution in [1.82, 2.24) is 20.4 Å². The van der Waals surface area contributed by atoms with Gasteiger partial charge in [-0.3, -0.25) is 15.2 Å². The normalized spacial score (nSPS) is 15.7. The Labute approximate surface area is 186 Å². The van der Waals surface area contributed by atoms with Crippen LogP contribution < -0.4 is 15.5 Å². The molecule has 2 heterocycles. The van der Waals surface area contributed by atoms with Gasteiger partial charge in [-0.05, 0) is 43.9 Å². The quantitative estimate of drug-likeness (QED) is 0.500. The average molecular weight is 440 g/mol. The number of pyridine rings is 1. The molecule has 31 heavy (non-hydrogen) atoms. The predicted octanol–water partition coefficient (Wildman–Crippen LogP) is 5.07. The van der Waals surface area contributed by atoms with Crippen LogP contribution in [-0.2, 0) is 0 Å². The second-order valence-corrected chi connectivity index (χ2v) is 9.32. The third-order valence-electron chi connectivity index (χ3n) is 5.59. The van der Waals surface area contributed by atoms with Crippen LogP contribution in [0, 0.1) is 5.92 Å². The first-order chi connectivity index (χ1) is 15.0. The van der Waals surface area contributed by atoms with E-state index >= 15 is 0 Å². The largest absolute Gasteiger partial charge is 0.457 e. The topological polar surface area (TPSA) is 79.4 Å². The van der Waals surface area contributed by atoms with Gasteiger partial charge in [-0.25, -0.2) is 9.99 Å². The number of nitrogens with one attached hydrogen (secondary N) is 2. The first-order valence-electron chi connectivity index (χ1n) is 10.8. The van der Waals surface area contributed by atoms with Crippen molar-refractivity contribution in [2.75, 3.05) is 19.4 Å². The summed E-state index contributed by atoms with van der Waals surface area (Å²) in [6, 6.07) is 9.66. The molecule has 1 aromatic carbocycles. The molecule has 0 bridgehead atoms. The number of carbonyl (C=O) groups is 1. The van der Waals surface area contributed by atoms with Gasteiger partial charge in [0.05, 0.1) is 10.2 Å². The molecule has 3 aromatic rings. The number of fused-ring (bicyclic) bond motifs is 1. The van der Waals surface area contributed by atoms with E-state index < -0.39 is 0 Å². The van der Waals surface area contributed by atoms with E-state index in [0.29, 0.717) is 23.2 Å². The number of thiazole rings is 1. The fraction of sp³-hybridized carbons (Fsp3) is 0.435. The van der Waals surface area contributed by atoms with Gasteiger partial charge in [0.25, 0.3) is 5.91 Å². The molecular weight excluding hydrogens is 410 g/mol. The summed E-state index contributed by atoms with van der Waals surface area (Å²) in [6.45, 7) is 2.27. The molecule has 1 aliphatic carbocycles. The van der Waals surface area contributed by atoms with E-state index in [-0.39, 0.29) is 5.91 Å². The van der Waals surface area contributed by atoms with Crippen molar-refractivity contribution in [3.05, 3.63) is 42.2 Å². The van der Waals surface area contributed by atoms with E-state index in [1.54, 1.807) is 48.8 Å². The number of hydrogen-bond donors (Lipinski definition) is 2. The van der Waals surface area contributed by atoms with Crippen LogP contribution in [0.2, 0.25) is 0 Å². The van der Waals surface area contributed by atoms with Gasteiger partial charge in [-0.1, -0.05) is 30.6 Å². The molecule has 1 atom stereocenters. The minimum absolute atomic E-state index is 0.281. The number of anilines is 1. The lowest BCUT2D eigenvalue weighted by atomic mass is 9.85. The van der Waals surface area contributed by atoms with Crippen molar-refractivity contribution in [3.8, 4) is 11.5 Å². The Bertz CT molecular complexity index is 1050. The number of nitrogens with zero attached hydrogens (tertiary/aromatic N) is 3. The van der Waals surface area contributed by atoms with Crippen LogP contribution in [0.4, 0.5) is 5.13 Å². The first-order valence-corrected chi connectivity index (χ1v) is 11.6. The Hall–Kier alpha value is -2.71. The van der Waals surface area contributed by atoms with Crippen molar-refractivity contribution in [3.63, 3.8) is 0 Å². The highest BCUT2D eigenvalue weighted by Gasteiger charge is 2.21. The molecule has 2 N–H and O–H groups in total. The lowest BCUT2D eigenvalue weighted by Crippen LogP contribution is -2.36. The van der Waals surface area contributed by atoms with Gasteiger partial charge < -0.3 is 10.1 Å².